The molecule has 5 heteroatoms. The van der Waals surface area contributed by atoms with E-state index in [1.807, 2.05) is 13.0 Å². The summed E-state index contributed by atoms with van der Waals surface area (Å²) in [7, 11) is 3.34. The van der Waals surface area contributed by atoms with Gasteiger partial charge in [0.15, 0.2) is 0 Å². The number of nitrogens with zero attached hydrogens (tertiary/aromatic N) is 1. The van der Waals surface area contributed by atoms with E-state index in [4.69, 9.17) is 4.74 Å². The Morgan fingerprint density at radius 3 is 2.71 bits per heavy atom. The summed E-state index contributed by atoms with van der Waals surface area (Å²) in [5.74, 6) is 0.541. The highest BCUT2D eigenvalue weighted by Crippen LogP contribution is 2.24. The highest BCUT2D eigenvalue weighted by atomic mass is 79.9. The second kappa shape index (κ2) is 6.40. The SMILES string of the molecule is COc1cc(Br)ccc1C(=O)N(C)CC(C)Br. The molecule has 0 saturated carbocycles. The van der Waals surface area contributed by atoms with Gasteiger partial charge < -0.3 is 9.64 Å². The zero-order valence-corrected chi connectivity index (χ0v) is 13.2. The fourth-order valence-corrected chi connectivity index (χ4v) is 2.28. The van der Waals surface area contributed by atoms with Crippen LogP contribution in [0.5, 0.6) is 5.75 Å². The van der Waals surface area contributed by atoms with Gasteiger partial charge in [0, 0.05) is 22.9 Å². The average molecular weight is 365 g/mol. The topological polar surface area (TPSA) is 29.5 Å². The number of methoxy groups -OCH3 is 1. The number of hydrogen-bond acceptors (Lipinski definition) is 2. The Kier molecular flexibility index (Phi) is 5.46. The van der Waals surface area contributed by atoms with Crippen LogP contribution in [0.4, 0.5) is 0 Å². The van der Waals surface area contributed by atoms with Gasteiger partial charge in [0.25, 0.3) is 5.91 Å². The summed E-state index contributed by atoms with van der Waals surface area (Å²) in [5, 5.41) is 0. The van der Waals surface area contributed by atoms with Crippen LogP contribution < -0.4 is 4.74 Å². The second-order valence-corrected chi connectivity index (χ2v) is 6.29. The summed E-state index contributed by atoms with van der Waals surface area (Å²) in [6.07, 6.45) is 0. The van der Waals surface area contributed by atoms with Crippen LogP contribution in [0.15, 0.2) is 22.7 Å². The number of carbonyl (C=O) groups excluding carboxylic acids is 1. The fourth-order valence-electron chi connectivity index (χ4n) is 1.51. The van der Waals surface area contributed by atoms with E-state index in [1.165, 1.54) is 0 Å². The van der Waals surface area contributed by atoms with Crippen LogP contribution in [0.3, 0.4) is 0 Å². The first-order valence-corrected chi connectivity index (χ1v) is 6.89. The van der Waals surface area contributed by atoms with E-state index in [0.717, 1.165) is 4.47 Å². The predicted octanol–water partition coefficient (Wildman–Crippen LogP) is 3.31. The first-order chi connectivity index (χ1) is 7.95. The van der Waals surface area contributed by atoms with Crippen LogP contribution in [-0.4, -0.2) is 36.3 Å². The molecule has 0 N–H and O–H groups in total. The molecule has 1 rings (SSSR count). The Morgan fingerprint density at radius 1 is 1.53 bits per heavy atom. The lowest BCUT2D eigenvalue weighted by Crippen LogP contribution is -2.31. The van der Waals surface area contributed by atoms with Gasteiger partial charge in [-0.1, -0.05) is 38.8 Å². The molecule has 0 aromatic heterocycles. The molecule has 0 radical (unpaired) electrons. The zero-order chi connectivity index (χ0) is 13.0. The molecule has 0 bridgehead atoms. The number of alkyl halides is 1. The molecular weight excluding hydrogens is 350 g/mol. The summed E-state index contributed by atoms with van der Waals surface area (Å²) >= 11 is 6.78. The molecule has 1 aromatic carbocycles. The van der Waals surface area contributed by atoms with Gasteiger partial charge in [0.2, 0.25) is 0 Å². The molecule has 0 fully saturated rings. The Hall–Kier alpha value is -0.550. The molecule has 1 aromatic rings. The van der Waals surface area contributed by atoms with Crippen molar-refractivity contribution in [3.8, 4) is 5.75 Å². The second-order valence-electron chi connectivity index (χ2n) is 3.81. The molecule has 17 heavy (non-hydrogen) atoms. The summed E-state index contributed by atoms with van der Waals surface area (Å²) in [4.78, 5) is 14.1. The number of amides is 1. The zero-order valence-electron chi connectivity index (χ0n) is 10.0. The van der Waals surface area contributed by atoms with Crippen molar-refractivity contribution in [1.82, 2.24) is 4.90 Å². The number of halogens is 2. The fraction of sp³-hybridized carbons (Fsp3) is 0.417. The van der Waals surface area contributed by atoms with Crippen LogP contribution in [0.2, 0.25) is 0 Å². The molecule has 3 nitrogen and oxygen atoms in total. The number of ether oxygens (including phenoxy) is 1. The summed E-state index contributed by atoms with van der Waals surface area (Å²) in [6.45, 7) is 2.65. The molecule has 1 unspecified atom stereocenters. The maximum Gasteiger partial charge on any atom is 0.257 e. The first-order valence-electron chi connectivity index (χ1n) is 5.18. The Bertz CT molecular complexity index is 407. The minimum atomic E-state index is -0.0411. The van der Waals surface area contributed by atoms with Crippen LogP contribution >= 0.6 is 31.9 Å². The minimum absolute atomic E-state index is 0.0411. The molecular formula is C12H15Br2NO2. The Balaban J connectivity index is 2.95. The van der Waals surface area contributed by atoms with Gasteiger partial charge in [0.05, 0.1) is 12.7 Å². The quantitative estimate of drug-likeness (QED) is 0.767. The molecule has 0 heterocycles. The van der Waals surface area contributed by atoms with Crippen LogP contribution in [0.25, 0.3) is 0 Å². The van der Waals surface area contributed by atoms with E-state index in [1.54, 1.807) is 31.2 Å². The lowest BCUT2D eigenvalue weighted by molar-refractivity contribution is 0.0794. The molecule has 0 saturated heterocycles. The van der Waals surface area contributed by atoms with E-state index in [2.05, 4.69) is 31.9 Å². The molecule has 0 spiro atoms. The molecule has 0 aliphatic rings. The van der Waals surface area contributed by atoms with E-state index < -0.39 is 0 Å². The third-order valence-corrected chi connectivity index (χ3v) is 3.05. The Morgan fingerprint density at radius 2 is 2.18 bits per heavy atom. The Labute approximate surface area is 118 Å². The lowest BCUT2D eigenvalue weighted by Gasteiger charge is -2.20. The van der Waals surface area contributed by atoms with Crippen molar-refractivity contribution < 1.29 is 9.53 Å². The number of benzene rings is 1. The molecule has 0 aliphatic carbocycles. The normalized spacial score (nSPS) is 12.1. The van der Waals surface area contributed by atoms with Crippen LogP contribution in [0.1, 0.15) is 17.3 Å². The first kappa shape index (κ1) is 14.5. The number of hydrogen-bond donors (Lipinski definition) is 0. The van der Waals surface area contributed by atoms with Crippen molar-refractivity contribution in [2.75, 3.05) is 20.7 Å². The van der Waals surface area contributed by atoms with Crippen molar-refractivity contribution in [1.29, 1.82) is 0 Å². The molecule has 1 amide bonds. The highest BCUT2D eigenvalue weighted by molar-refractivity contribution is 9.10. The predicted molar refractivity (Wildman–Crippen MR) is 76.0 cm³/mol. The number of carbonyl (C=O) groups is 1. The van der Waals surface area contributed by atoms with Gasteiger partial charge in [-0.15, -0.1) is 0 Å². The van der Waals surface area contributed by atoms with Crippen molar-refractivity contribution in [2.45, 2.75) is 11.8 Å². The smallest absolute Gasteiger partial charge is 0.257 e. The van der Waals surface area contributed by atoms with Gasteiger partial charge in [-0.25, -0.2) is 0 Å². The monoisotopic (exact) mass is 363 g/mol. The summed E-state index contributed by atoms with van der Waals surface area (Å²) in [5.41, 5.74) is 0.575. The van der Waals surface area contributed by atoms with Crippen LogP contribution in [0, 0.1) is 0 Å². The average Bonchev–Trinajstić information content (AvgIpc) is 2.27. The summed E-state index contributed by atoms with van der Waals surface area (Å²) < 4.78 is 6.10. The maximum atomic E-state index is 12.2. The third kappa shape index (κ3) is 4.00. The number of rotatable bonds is 4. The van der Waals surface area contributed by atoms with E-state index in [9.17, 15) is 4.79 Å². The van der Waals surface area contributed by atoms with Gasteiger partial charge in [-0.3, -0.25) is 4.79 Å². The van der Waals surface area contributed by atoms with Gasteiger partial charge in [-0.2, -0.15) is 0 Å². The summed E-state index contributed by atoms with van der Waals surface area (Å²) in [6, 6.07) is 5.39. The minimum Gasteiger partial charge on any atom is -0.496 e. The molecule has 0 aliphatic heterocycles. The van der Waals surface area contributed by atoms with Gasteiger partial charge >= 0.3 is 0 Å². The van der Waals surface area contributed by atoms with Crippen molar-refractivity contribution in [2.24, 2.45) is 0 Å². The van der Waals surface area contributed by atoms with Gasteiger partial charge in [0.1, 0.15) is 5.75 Å². The largest absolute Gasteiger partial charge is 0.496 e. The van der Waals surface area contributed by atoms with Crippen molar-refractivity contribution in [3.05, 3.63) is 28.2 Å². The van der Waals surface area contributed by atoms with Crippen molar-refractivity contribution >= 4 is 37.8 Å². The van der Waals surface area contributed by atoms with Gasteiger partial charge in [-0.05, 0) is 18.2 Å². The highest BCUT2D eigenvalue weighted by Gasteiger charge is 2.17. The van der Waals surface area contributed by atoms with E-state index in [-0.39, 0.29) is 10.7 Å². The lowest BCUT2D eigenvalue weighted by atomic mass is 10.1. The molecule has 94 valence electrons. The van der Waals surface area contributed by atoms with Crippen LogP contribution in [-0.2, 0) is 0 Å². The maximum absolute atomic E-state index is 12.2. The standard InChI is InChI=1S/C12H15Br2NO2/c1-8(13)7-15(2)12(16)10-5-4-9(14)6-11(10)17-3/h4-6,8H,7H2,1-3H3. The van der Waals surface area contributed by atoms with E-state index >= 15 is 0 Å². The van der Waals surface area contributed by atoms with Crippen molar-refractivity contribution in [3.63, 3.8) is 0 Å². The third-order valence-electron chi connectivity index (χ3n) is 2.27. The van der Waals surface area contributed by atoms with E-state index in [0.29, 0.717) is 17.9 Å². The molecule has 1 atom stereocenters.